The molecule has 0 atom stereocenters. The van der Waals surface area contributed by atoms with E-state index in [4.69, 9.17) is 5.26 Å². The molecule has 0 fully saturated rings. The van der Waals surface area contributed by atoms with Gasteiger partial charge in [0.25, 0.3) is 0 Å². The summed E-state index contributed by atoms with van der Waals surface area (Å²) in [6.45, 7) is 1.86. The molecule has 1 aromatic rings. The number of benzene rings is 1. The Morgan fingerprint density at radius 3 is 2.64 bits per heavy atom. The molecule has 0 unspecified atom stereocenters. The van der Waals surface area contributed by atoms with E-state index in [0.29, 0.717) is 5.56 Å². The van der Waals surface area contributed by atoms with Gasteiger partial charge in [0.05, 0.1) is 15.2 Å². The van der Waals surface area contributed by atoms with Gasteiger partial charge in [0, 0.05) is 0 Å². The highest BCUT2D eigenvalue weighted by molar-refractivity contribution is 14.1. The van der Waals surface area contributed by atoms with Crippen LogP contribution in [-0.2, 0) is 0 Å². The highest BCUT2D eigenvalue weighted by Gasteiger charge is 2.02. The lowest BCUT2D eigenvalue weighted by atomic mass is 10.1. The Kier molecular flexibility index (Phi) is 2.35. The number of phenols is 1. The summed E-state index contributed by atoms with van der Waals surface area (Å²) in [7, 11) is 0. The lowest BCUT2D eigenvalue weighted by Crippen LogP contribution is -1.83. The highest BCUT2D eigenvalue weighted by atomic mass is 127. The molecule has 56 valence electrons. The fourth-order valence-corrected chi connectivity index (χ4v) is 1.13. The van der Waals surface area contributed by atoms with Crippen LogP contribution in [0.5, 0.6) is 5.75 Å². The molecule has 3 heteroatoms. The van der Waals surface area contributed by atoms with E-state index in [0.717, 1.165) is 9.13 Å². The van der Waals surface area contributed by atoms with E-state index in [1.807, 2.05) is 35.6 Å². The topological polar surface area (TPSA) is 44.0 Å². The maximum atomic E-state index is 9.25. The van der Waals surface area contributed by atoms with Crippen LogP contribution in [0.4, 0.5) is 0 Å². The summed E-state index contributed by atoms with van der Waals surface area (Å²) >= 11 is 2.04. The maximum absolute atomic E-state index is 9.25. The normalized spacial score (nSPS) is 9.18. The van der Waals surface area contributed by atoms with Crippen LogP contribution in [-0.4, -0.2) is 5.11 Å². The fourth-order valence-electron chi connectivity index (χ4n) is 0.815. The van der Waals surface area contributed by atoms with E-state index < -0.39 is 0 Å². The number of hydrogen-bond donors (Lipinski definition) is 1. The third-order valence-electron chi connectivity index (χ3n) is 1.36. The minimum Gasteiger partial charge on any atom is -0.507 e. The summed E-state index contributed by atoms with van der Waals surface area (Å²) in [6, 6.07) is 5.19. The maximum Gasteiger partial charge on any atom is 0.130 e. The van der Waals surface area contributed by atoms with Gasteiger partial charge in [-0.15, -0.1) is 0 Å². The third kappa shape index (κ3) is 1.63. The summed E-state index contributed by atoms with van der Waals surface area (Å²) in [5.41, 5.74) is 1.43. The summed E-state index contributed by atoms with van der Waals surface area (Å²) < 4.78 is 0.807. The minimum atomic E-state index is 0.183. The Hall–Kier alpha value is -0.760. The Morgan fingerprint density at radius 1 is 1.55 bits per heavy atom. The molecule has 0 spiro atoms. The zero-order valence-corrected chi connectivity index (χ0v) is 8.08. The molecule has 0 aliphatic rings. The number of aromatic hydroxyl groups is 1. The van der Waals surface area contributed by atoms with Crippen molar-refractivity contribution in [1.29, 1.82) is 5.26 Å². The van der Waals surface area contributed by atoms with Gasteiger partial charge in [-0.05, 0) is 47.2 Å². The average molecular weight is 259 g/mol. The van der Waals surface area contributed by atoms with E-state index in [1.165, 1.54) is 6.07 Å². The first-order chi connectivity index (χ1) is 5.15. The van der Waals surface area contributed by atoms with Crippen LogP contribution in [0.25, 0.3) is 0 Å². The van der Waals surface area contributed by atoms with Crippen LogP contribution in [0.1, 0.15) is 11.1 Å². The predicted octanol–water partition coefficient (Wildman–Crippen LogP) is 2.18. The van der Waals surface area contributed by atoms with E-state index >= 15 is 0 Å². The molecular formula is C8H6INO. The first-order valence-electron chi connectivity index (χ1n) is 3.04. The van der Waals surface area contributed by atoms with Crippen molar-refractivity contribution in [3.63, 3.8) is 0 Å². The van der Waals surface area contributed by atoms with Crippen LogP contribution in [0.2, 0.25) is 0 Å². The van der Waals surface area contributed by atoms with Crippen LogP contribution < -0.4 is 0 Å². The van der Waals surface area contributed by atoms with Crippen molar-refractivity contribution < 1.29 is 5.11 Å². The monoisotopic (exact) mass is 259 g/mol. The lowest BCUT2D eigenvalue weighted by molar-refractivity contribution is 0.471. The van der Waals surface area contributed by atoms with Crippen LogP contribution >= 0.6 is 22.6 Å². The van der Waals surface area contributed by atoms with E-state index in [-0.39, 0.29) is 5.75 Å². The van der Waals surface area contributed by atoms with E-state index in [1.54, 1.807) is 6.07 Å². The van der Waals surface area contributed by atoms with E-state index in [9.17, 15) is 5.11 Å². The average Bonchev–Trinajstić information content (AvgIpc) is 1.99. The van der Waals surface area contributed by atoms with Crippen LogP contribution in [0.15, 0.2) is 12.1 Å². The van der Waals surface area contributed by atoms with Crippen molar-refractivity contribution in [2.24, 2.45) is 0 Å². The second kappa shape index (κ2) is 3.09. The molecule has 0 aromatic heterocycles. The number of hydrogen-bond acceptors (Lipinski definition) is 2. The SMILES string of the molecule is Cc1cc(C#N)cc(O)c1I. The number of halogens is 1. The molecule has 0 saturated heterocycles. The van der Waals surface area contributed by atoms with Gasteiger partial charge >= 0.3 is 0 Å². The molecule has 0 aliphatic carbocycles. The van der Waals surface area contributed by atoms with Crippen molar-refractivity contribution in [1.82, 2.24) is 0 Å². The van der Waals surface area contributed by atoms with Crippen molar-refractivity contribution >= 4 is 22.6 Å². The highest BCUT2D eigenvalue weighted by Crippen LogP contribution is 2.24. The summed E-state index contributed by atoms with van der Waals surface area (Å²) in [6.07, 6.45) is 0. The molecule has 1 aromatic carbocycles. The minimum absolute atomic E-state index is 0.183. The van der Waals surface area contributed by atoms with Crippen molar-refractivity contribution in [3.8, 4) is 11.8 Å². The molecule has 11 heavy (non-hydrogen) atoms. The molecule has 0 aliphatic heterocycles. The lowest BCUT2D eigenvalue weighted by Gasteiger charge is -2.00. The second-order valence-electron chi connectivity index (χ2n) is 2.24. The van der Waals surface area contributed by atoms with Gasteiger partial charge < -0.3 is 5.11 Å². The second-order valence-corrected chi connectivity index (χ2v) is 3.32. The third-order valence-corrected chi connectivity index (χ3v) is 2.77. The predicted molar refractivity (Wildman–Crippen MR) is 50.3 cm³/mol. The zero-order valence-electron chi connectivity index (χ0n) is 5.93. The number of nitriles is 1. The number of phenolic OH excluding ortho intramolecular Hbond substituents is 1. The molecule has 2 nitrogen and oxygen atoms in total. The molecule has 1 rings (SSSR count). The van der Waals surface area contributed by atoms with Gasteiger partial charge in [0.1, 0.15) is 5.75 Å². The summed E-state index contributed by atoms with van der Waals surface area (Å²) in [5.74, 6) is 0.183. The van der Waals surface area contributed by atoms with Crippen molar-refractivity contribution in [2.45, 2.75) is 6.92 Å². The molecule has 1 N–H and O–H groups in total. The van der Waals surface area contributed by atoms with Gasteiger partial charge in [0.15, 0.2) is 0 Å². The van der Waals surface area contributed by atoms with Gasteiger partial charge in [0.2, 0.25) is 0 Å². The van der Waals surface area contributed by atoms with Crippen LogP contribution in [0.3, 0.4) is 0 Å². The van der Waals surface area contributed by atoms with Crippen molar-refractivity contribution in [2.75, 3.05) is 0 Å². The quantitative estimate of drug-likeness (QED) is 0.725. The standard InChI is InChI=1S/C8H6INO/c1-5-2-6(4-10)3-7(11)8(5)9/h2-3,11H,1H3. The molecule has 0 bridgehead atoms. The number of nitrogens with zero attached hydrogens (tertiary/aromatic N) is 1. The first kappa shape index (κ1) is 8.34. The first-order valence-corrected chi connectivity index (χ1v) is 4.12. The molecule has 0 amide bonds. The molecule has 0 heterocycles. The molecule has 0 saturated carbocycles. The largest absolute Gasteiger partial charge is 0.507 e. The van der Waals surface area contributed by atoms with Crippen LogP contribution in [0, 0.1) is 21.8 Å². The summed E-state index contributed by atoms with van der Waals surface area (Å²) in [4.78, 5) is 0. The Bertz CT molecular complexity index is 304. The van der Waals surface area contributed by atoms with Gasteiger partial charge in [-0.2, -0.15) is 5.26 Å². The molecular weight excluding hydrogens is 253 g/mol. The van der Waals surface area contributed by atoms with Gasteiger partial charge in [-0.25, -0.2) is 0 Å². The Balaban J connectivity index is 3.35. The van der Waals surface area contributed by atoms with Gasteiger partial charge in [-0.1, -0.05) is 0 Å². The number of aryl methyl sites for hydroxylation is 1. The summed E-state index contributed by atoms with van der Waals surface area (Å²) in [5, 5.41) is 17.8. The zero-order chi connectivity index (χ0) is 8.43. The fraction of sp³-hybridized carbons (Fsp3) is 0.125. The number of rotatable bonds is 0. The Labute approximate surface area is 78.6 Å². The molecule has 0 radical (unpaired) electrons. The smallest absolute Gasteiger partial charge is 0.130 e. The van der Waals surface area contributed by atoms with E-state index in [2.05, 4.69) is 0 Å². The Morgan fingerprint density at radius 2 is 2.18 bits per heavy atom. The van der Waals surface area contributed by atoms with Gasteiger partial charge in [-0.3, -0.25) is 0 Å². The van der Waals surface area contributed by atoms with Crippen molar-refractivity contribution in [3.05, 3.63) is 26.8 Å².